The second-order valence-electron chi connectivity index (χ2n) is 11.5. The van der Waals surface area contributed by atoms with Crippen LogP contribution in [0.2, 0.25) is 0 Å². The number of benzene rings is 3. The van der Waals surface area contributed by atoms with Crippen LogP contribution in [0.3, 0.4) is 0 Å². The lowest BCUT2D eigenvalue weighted by atomic mass is 9.76. The Kier molecular flexibility index (Phi) is 12.2. The van der Waals surface area contributed by atoms with Gasteiger partial charge >= 0.3 is 0 Å². The summed E-state index contributed by atoms with van der Waals surface area (Å²) in [5, 5.41) is 13.2. The highest BCUT2D eigenvalue weighted by Gasteiger charge is 2.43. The van der Waals surface area contributed by atoms with E-state index >= 15 is 0 Å². The van der Waals surface area contributed by atoms with Crippen molar-refractivity contribution < 1.29 is 18.5 Å². The maximum atomic E-state index is 9.11. The Hall–Kier alpha value is -2.76. The van der Waals surface area contributed by atoms with Gasteiger partial charge < -0.3 is 18.5 Å². The summed E-state index contributed by atoms with van der Waals surface area (Å²) in [7, 11) is 2.44. The van der Waals surface area contributed by atoms with Gasteiger partial charge in [-0.15, -0.1) is 0 Å². The molecule has 1 heterocycles. The standard InChI is InChI=1S/C34H45BN3O4P/c1-25(2)38(26(3)4)43(40-22-12-21-36)41-24-32-31(23-33(35)42-32)37-34(27-13-8-6-9-14-27,28-15-10-7-11-16-28)29-17-19-30(39-5)20-18-29/h6-11,13-20,25-26,31-33,37H,12,22-24,35H2,1-5H3/t31-,32+,33+,43?/m0/s1. The molecule has 228 valence electrons. The number of ether oxygens (including phenoxy) is 2. The molecule has 1 aliphatic heterocycles. The molecule has 1 N–H and O–H groups in total. The zero-order chi connectivity index (χ0) is 30.8. The smallest absolute Gasteiger partial charge is 0.259 e. The van der Waals surface area contributed by atoms with E-state index in [2.05, 4.69) is 124 Å². The predicted molar refractivity (Wildman–Crippen MR) is 176 cm³/mol. The number of methoxy groups -OCH3 is 1. The SMILES string of the molecule is B[C@H]1C[C@H](NC(c2ccccc2)(c2ccccc2)c2ccc(OC)cc2)[C@@H](COP(OCCC#N)N(C(C)C)C(C)C)O1. The van der Waals surface area contributed by atoms with Gasteiger partial charge in [0.05, 0.1) is 44.5 Å². The van der Waals surface area contributed by atoms with Crippen LogP contribution in [-0.4, -0.2) is 63.1 Å². The summed E-state index contributed by atoms with van der Waals surface area (Å²) in [6, 6.07) is 32.2. The van der Waals surface area contributed by atoms with Gasteiger partial charge in [0.2, 0.25) is 0 Å². The monoisotopic (exact) mass is 601 g/mol. The van der Waals surface area contributed by atoms with Crippen LogP contribution in [0.25, 0.3) is 0 Å². The normalized spacial score (nSPS) is 19.6. The summed E-state index contributed by atoms with van der Waals surface area (Å²) in [4.78, 5) is 0. The van der Waals surface area contributed by atoms with Crippen LogP contribution in [0.5, 0.6) is 5.75 Å². The van der Waals surface area contributed by atoms with E-state index in [0.29, 0.717) is 19.6 Å². The minimum absolute atomic E-state index is 0.0139. The Balaban J connectivity index is 1.70. The number of rotatable bonds is 15. The van der Waals surface area contributed by atoms with Gasteiger partial charge in [0, 0.05) is 24.1 Å². The van der Waals surface area contributed by atoms with Crippen molar-refractivity contribution in [2.24, 2.45) is 0 Å². The Morgan fingerprint density at radius 1 is 0.930 bits per heavy atom. The highest BCUT2D eigenvalue weighted by Crippen LogP contribution is 2.47. The van der Waals surface area contributed by atoms with E-state index in [9.17, 15) is 0 Å². The molecule has 0 amide bonds. The fourth-order valence-electron chi connectivity index (χ4n) is 5.96. The van der Waals surface area contributed by atoms with Crippen LogP contribution in [-0.2, 0) is 19.3 Å². The molecular weight excluding hydrogens is 556 g/mol. The average molecular weight is 602 g/mol. The van der Waals surface area contributed by atoms with Gasteiger partial charge in [0.25, 0.3) is 8.53 Å². The molecule has 9 heteroatoms. The lowest BCUT2D eigenvalue weighted by molar-refractivity contribution is 0.0317. The molecule has 1 aliphatic rings. The number of nitrogens with zero attached hydrogens (tertiary/aromatic N) is 2. The van der Waals surface area contributed by atoms with Crippen molar-refractivity contribution in [3.63, 3.8) is 0 Å². The minimum atomic E-state index is -1.37. The molecule has 0 spiro atoms. The van der Waals surface area contributed by atoms with E-state index in [0.717, 1.165) is 28.9 Å². The first kappa shape index (κ1) is 33.1. The predicted octanol–water partition coefficient (Wildman–Crippen LogP) is 5.99. The topological polar surface area (TPSA) is 76.0 Å². The van der Waals surface area contributed by atoms with Crippen LogP contribution >= 0.6 is 8.53 Å². The van der Waals surface area contributed by atoms with E-state index < -0.39 is 14.1 Å². The molecule has 1 saturated heterocycles. The lowest BCUT2D eigenvalue weighted by Crippen LogP contribution is -2.53. The van der Waals surface area contributed by atoms with Crippen molar-refractivity contribution in [3.05, 3.63) is 102 Å². The Labute approximate surface area is 259 Å². The van der Waals surface area contributed by atoms with Crippen LogP contribution in [0, 0.1) is 11.3 Å². The first-order valence-electron chi connectivity index (χ1n) is 15.2. The van der Waals surface area contributed by atoms with Gasteiger partial charge in [-0.2, -0.15) is 5.26 Å². The van der Waals surface area contributed by atoms with Gasteiger partial charge in [-0.3, -0.25) is 5.32 Å². The maximum Gasteiger partial charge on any atom is 0.259 e. The van der Waals surface area contributed by atoms with Gasteiger partial charge in [-0.1, -0.05) is 72.8 Å². The molecule has 0 aromatic heterocycles. The van der Waals surface area contributed by atoms with Crippen molar-refractivity contribution in [3.8, 4) is 11.8 Å². The van der Waals surface area contributed by atoms with Gasteiger partial charge in [0.1, 0.15) is 13.6 Å². The molecule has 0 bridgehead atoms. The first-order chi connectivity index (χ1) is 20.8. The third-order valence-electron chi connectivity index (χ3n) is 7.79. The summed E-state index contributed by atoms with van der Waals surface area (Å²) in [6.45, 7) is 9.30. The van der Waals surface area contributed by atoms with Crippen LogP contribution < -0.4 is 10.1 Å². The molecule has 4 atom stereocenters. The third-order valence-corrected chi connectivity index (χ3v) is 9.87. The Morgan fingerprint density at radius 3 is 2.00 bits per heavy atom. The Morgan fingerprint density at radius 2 is 1.49 bits per heavy atom. The third kappa shape index (κ3) is 8.05. The van der Waals surface area contributed by atoms with Crippen molar-refractivity contribution in [1.29, 1.82) is 5.26 Å². The number of nitrogens with one attached hydrogen (secondary N) is 1. The minimum Gasteiger partial charge on any atom is -0.497 e. The molecule has 3 aromatic carbocycles. The number of nitriles is 1. The molecule has 3 aromatic rings. The molecule has 1 fully saturated rings. The summed E-state index contributed by atoms with van der Waals surface area (Å²) in [6.07, 6.45) is 0.953. The van der Waals surface area contributed by atoms with Crippen molar-refractivity contribution in [1.82, 2.24) is 9.99 Å². The average Bonchev–Trinajstić information content (AvgIpc) is 3.37. The van der Waals surface area contributed by atoms with E-state index in [1.807, 2.05) is 12.1 Å². The summed E-state index contributed by atoms with van der Waals surface area (Å²) >= 11 is 0. The largest absolute Gasteiger partial charge is 0.497 e. The zero-order valence-electron chi connectivity index (χ0n) is 26.3. The van der Waals surface area contributed by atoms with Crippen molar-refractivity contribution in [2.45, 2.75) is 76.3 Å². The van der Waals surface area contributed by atoms with Crippen LogP contribution in [0.1, 0.15) is 57.2 Å². The van der Waals surface area contributed by atoms with E-state index in [4.69, 9.17) is 23.8 Å². The van der Waals surface area contributed by atoms with Crippen molar-refractivity contribution in [2.75, 3.05) is 20.3 Å². The maximum absolute atomic E-state index is 9.11. The highest BCUT2D eigenvalue weighted by atomic mass is 31.2. The van der Waals surface area contributed by atoms with Gasteiger partial charge in [-0.25, -0.2) is 4.67 Å². The second kappa shape index (κ2) is 15.8. The van der Waals surface area contributed by atoms with E-state index in [-0.39, 0.29) is 30.2 Å². The van der Waals surface area contributed by atoms with Crippen LogP contribution in [0.4, 0.5) is 0 Å². The number of hydrogen-bond donors (Lipinski definition) is 1. The van der Waals surface area contributed by atoms with Crippen molar-refractivity contribution >= 4 is 16.4 Å². The zero-order valence-corrected chi connectivity index (χ0v) is 27.2. The molecular formula is C34H45BN3O4P. The quantitative estimate of drug-likeness (QED) is 0.0994. The highest BCUT2D eigenvalue weighted by molar-refractivity contribution is 7.44. The van der Waals surface area contributed by atoms with E-state index in [1.54, 1.807) is 7.11 Å². The fourth-order valence-corrected chi connectivity index (χ4v) is 7.58. The molecule has 7 nitrogen and oxygen atoms in total. The van der Waals surface area contributed by atoms with Gasteiger partial charge in [0.15, 0.2) is 0 Å². The van der Waals surface area contributed by atoms with Gasteiger partial charge in [-0.05, 0) is 62.9 Å². The molecule has 43 heavy (non-hydrogen) atoms. The molecule has 0 aliphatic carbocycles. The lowest BCUT2D eigenvalue weighted by Gasteiger charge is -2.41. The number of hydrogen-bond acceptors (Lipinski definition) is 7. The summed E-state index contributed by atoms with van der Waals surface area (Å²) < 4.78 is 27.0. The molecule has 0 saturated carbocycles. The summed E-state index contributed by atoms with van der Waals surface area (Å²) in [5.41, 5.74) is 2.73. The van der Waals surface area contributed by atoms with Crippen LogP contribution in [0.15, 0.2) is 84.9 Å². The molecule has 0 radical (unpaired) electrons. The summed E-state index contributed by atoms with van der Waals surface area (Å²) in [5.74, 6) is 0.812. The first-order valence-corrected chi connectivity index (χ1v) is 16.3. The fraction of sp³-hybridized carbons (Fsp3) is 0.441. The second-order valence-corrected chi connectivity index (χ2v) is 13.0. The Bertz CT molecular complexity index is 1240. The molecule has 4 rings (SSSR count). The molecule has 1 unspecified atom stereocenters. The van der Waals surface area contributed by atoms with E-state index in [1.165, 1.54) is 0 Å².